The lowest BCUT2D eigenvalue weighted by molar-refractivity contribution is -0.120. The van der Waals surface area contributed by atoms with Crippen molar-refractivity contribution < 1.29 is 9.59 Å². The minimum atomic E-state index is -0.335. The Morgan fingerprint density at radius 2 is 1.45 bits per heavy atom. The molecule has 0 bridgehead atoms. The summed E-state index contributed by atoms with van der Waals surface area (Å²) in [7, 11) is 3.68. The Balaban J connectivity index is 1.44. The van der Waals surface area contributed by atoms with Gasteiger partial charge >= 0.3 is 0 Å². The van der Waals surface area contributed by atoms with E-state index >= 15 is 0 Å². The smallest absolute Gasteiger partial charge is 0.224 e. The number of hydrogen-bond acceptors (Lipinski definition) is 6. The number of anilines is 4. The van der Waals surface area contributed by atoms with Crippen LogP contribution < -0.4 is 20.0 Å². The van der Waals surface area contributed by atoms with E-state index in [0.29, 0.717) is 5.82 Å². The van der Waals surface area contributed by atoms with Crippen molar-refractivity contribution >= 4 is 34.4 Å². The van der Waals surface area contributed by atoms with Crippen LogP contribution in [0.3, 0.4) is 0 Å². The lowest BCUT2D eigenvalue weighted by atomic mass is 10.1. The first kappa shape index (κ1) is 22.4. The van der Waals surface area contributed by atoms with Crippen LogP contribution in [0.1, 0.15) is 32.1 Å². The largest absolute Gasteiger partial charge is 0.370 e. The fraction of sp³-hybridized carbons (Fsp3) is 0.346. The maximum absolute atomic E-state index is 13.0. The van der Waals surface area contributed by atoms with Gasteiger partial charge in [-0.1, -0.05) is 24.3 Å². The SMILES string of the molecule is CN1C(=C(C#N)C(=O)CCC(=O)Nc2ccccc2N2CCCCC2)N(C)c2ccccc21. The number of hydrogen-bond donors (Lipinski definition) is 1. The third-order valence-electron chi connectivity index (χ3n) is 6.31. The van der Waals surface area contributed by atoms with Gasteiger partial charge in [0.1, 0.15) is 17.5 Å². The van der Waals surface area contributed by atoms with E-state index in [-0.39, 0.29) is 30.1 Å². The highest BCUT2D eigenvalue weighted by Gasteiger charge is 2.31. The molecule has 0 aromatic heterocycles. The molecule has 0 unspecified atom stereocenters. The number of nitrogens with one attached hydrogen (secondary N) is 1. The summed E-state index contributed by atoms with van der Waals surface area (Å²) in [6, 6.07) is 17.6. The normalized spacial score (nSPS) is 15.2. The number of benzene rings is 2. The number of para-hydroxylation sites is 4. The molecular weight excluding hydrogens is 414 g/mol. The van der Waals surface area contributed by atoms with Crippen LogP contribution in [-0.2, 0) is 9.59 Å². The van der Waals surface area contributed by atoms with E-state index in [2.05, 4.69) is 16.3 Å². The van der Waals surface area contributed by atoms with Crippen molar-refractivity contribution in [1.29, 1.82) is 5.26 Å². The molecule has 2 aromatic carbocycles. The molecule has 1 N–H and O–H groups in total. The Bertz CT molecular complexity index is 1100. The Labute approximate surface area is 194 Å². The molecule has 33 heavy (non-hydrogen) atoms. The van der Waals surface area contributed by atoms with Crippen molar-refractivity contribution in [3.63, 3.8) is 0 Å². The molecule has 0 spiro atoms. The summed E-state index contributed by atoms with van der Waals surface area (Å²) in [5, 5.41) is 12.7. The van der Waals surface area contributed by atoms with Crippen molar-refractivity contribution in [2.45, 2.75) is 32.1 Å². The van der Waals surface area contributed by atoms with E-state index in [9.17, 15) is 14.9 Å². The lowest BCUT2D eigenvalue weighted by Crippen LogP contribution is -2.30. The van der Waals surface area contributed by atoms with E-state index in [1.807, 2.05) is 72.4 Å². The molecule has 0 aliphatic carbocycles. The third-order valence-corrected chi connectivity index (χ3v) is 6.31. The van der Waals surface area contributed by atoms with E-state index in [1.54, 1.807) is 0 Å². The molecule has 1 saturated heterocycles. The summed E-state index contributed by atoms with van der Waals surface area (Å²) >= 11 is 0. The number of nitrogens with zero attached hydrogens (tertiary/aromatic N) is 4. The molecule has 2 heterocycles. The molecule has 1 amide bonds. The van der Waals surface area contributed by atoms with Crippen LogP contribution in [0.2, 0.25) is 0 Å². The highest BCUT2D eigenvalue weighted by Crippen LogP contribution is 2.40. The third kappa shape index (κ3) is 4.56. The number of carbonyl (C=O) groups is 2. The number of nitriles is 1. The first-order chi connectivity index (χ1) is 16.0. The minimum absolute atomic E-state index is 0.0198. The second-order valence-electron chi connectivity index (χ2n) is 8.45. The van der Waals surface area contributed by atoms with E-state index in [4.69, 9.17) is 0 Å². The van der Waals surface area contributed by atoms with Gasteiger partial charge in [-0.2, -0.15) is 5.26 Å². The summed E-state index contributed by atoms with van der Waals surface area (Å²) in [4.78, 5) is 31.6. The van der Waals surface area contributed by atoms with Gasteiger partial charge in [-0.3, -0.25) is 9.59 Å². The quantitative estimate of drug-likeness (QED) is 0.530. The predicted molar refractivity (Wildman–Crippen MR) is 131 cm³/mol. The number of Topliss-reactive ketones (excluding diaryl/α,β-unsaturated/α-hetero) is 1. The molecule has 2 aliphatic rings. The van der Waals surface area contributed by atoms with Gasteiger partial charge in [-0.25, -0.2) is 0 Å². The number of carbonyl (C=O) groups excluding carboxylic acids is 2. The molecule has 4 rings (SSSR count). The van der Waals surface area contributed by atoms with Crippen LogP contribution >= 0.6 is 0 Å². The number of piperidine rings is 1. The van der Waals surface area contributed by atoms with Crippen molar-refractivity contribution in [1.82, 2.24) is 0 Å². The van der Waals surface area contributed by atoms with Crippen LogP contribution in [-0.4, -0.2) is 38.9 Å². The van der Waals surface area contributed by atoms with Crippen LogP contribution in [0.15, 0.2) is 59.9 Å². The van der Waals surface area contributed by atoms with Gasteiger partial charge in [-0.05, 0) is 43.5 Å². The van der Waals surface area contributed by atoms with E-state index < -0.39 is 0 Å². The second-order valence-corrected chi connectivity index (χ2v) is 8.45. The van der Waals surface area contributed by atoms with E-state index in [0.717, 1.165) is 48.7 Å². The molecule has 2 aromatic rings. The van der Waals surface area contributed by atoms with Gasteiger partial charge in [0.15, 0.2) is 5.78 Å². The number of ketones is 1. The van der Waals surface area contributed by atoms with Crippen molar-refractivity contribution in [3.8, 4) is 6.07 Å². The zero-order valence-electron chi connectivity index (χ0n) is 19.2. The van der Waals surface area contributed by atoms with Crippen LogP contribution in [0.25, 0.3) is 0 Å². The van der Waals surface area contributed by atoms with E-state index in [1.165, 1.54) is 6.42 Å². The van der Waals surface area contributed by atoms with Crippen molar-refractivity contribution in [2.75, 3.05) is 47.2 Å². The molecule has 0 radical (unpaired) electrons. The van der Waals surface area contributed by atoms with Crippen LogP contribution in [0.4, 0.5) is 22.7 Å². The molecule has 7 heteroatoms. The molecular formula is C26H29N5O2. The summed E-state index contributed by atoms with van der Waals surface area (Å²) < 4.78 is 0. The summed E-state index contributed by atoms with van der Waals surface area (Å²) in [5.41, 5.74) is 3.72. The van der Waals surface area contributed by atoms with Gasteiger partial charge in [0.2, 0.25) is 5.91 Å². The second kappa shape index (κ2) is 9.78. The molecule has 0 atom stereocenters. The number of allylic oxidation sites excluding steroid dienone is 1. The standard InChI is InChI=1S/C26H29N5O2/c1-29-22-12-6-7-13-23(22)30(2)26(29)19(18-27)24(32)14-15-25(33)28-20-10-4-5-11-21(20)31-16-8-3-9-17-31/h4-7,10-13H,3,8-9,14-17H2,1-2H3,(H,28,33). The zero-order chi connectivity index (χ0) is 23.4. The summed E-state index contributed by atoms with van der Waals surface area (Å²) in [5.74, 6) is -0.0236. The van der Waals surface area contributed by atoms with Gasteiger partial charge in [-0.15, -0.1) is 0 Å². The average Bonchev–Trinajstić information content (AvgIpc) is 3.10. The maximum atomic E-state index is 13.0. The predicted octanol–water partition coefficient (Wildman–Crippen LogP) is 4.29. The van der Waals surface area contributed by atoms with Gasteiger partial charge in [0, 0.05) is 40.0 Å². The van der Waals surface area contributed by atoms with Crippen LogP contribution in [0, 0.1) is 11.3 Å². The number of fused-ring (bicyclic) bond motifs is 1. The summed E-state index contributed by atoms with van der Waals surface area (Å²) in [6.07, 6.45) is 3.53. The fourth-order valence-electron chi connectivity index (χ4n) is 4.61. The minimum Gasteiger partial charge on any atom is -0.370 e. The zero-order valence-corrected chi connectivity index (χ0v) is 19.2. The summed E-state index contributed by atoms with van der Waals surface area (Å²) in [6.45, 7) is 1.96. The first-order valence-corrected chi connectivity index (χ1v) is 11.4. The van der Waals surface area contributed by atoms with Gasteiger partial charge in [0.05, 0.1) is 22.7 Å². The molecule has 1 fully saturated rings. The Morgan fingerprint density at radius 1 is 0.879 bits per heavy atom. The molecule has 0 saturated carbocycles. The van der Waals surface area contributed by atoms with Crippen molar-refractivity contribution in [2.24, 2.45) is 0 Å². The monoisotopic (exact) mass is 443 g/mol. The topological polar surface area (TPSA) is 79.7 Å². The number of rotatable bonds is 6. The van der Waals surface area contributed by atoms with Crippen molar-refractivity contribution in [3.05, 3.63) is 59.9 Å². The molecule has 170 valence electrons. The Hall–Kier alpha value is -3.79. The first-order valence-electron chi connectivity index (χ1n) is 11.4. The number of amides is 1. The Kier molecular flexibility index (Phi) is 6.64. The molecule has 7 nitrogen and oxygen atoms in total. The highest BCUT2D eigenvalue weighted by atomic mass is 16.2. The fourth-order valence-corrected chi connectivity index (χ4v) is 4.61. The maximum Gasteiger partial charge on any atom is 0.224 e. The Morgan fingerprint density at radius 3 is 2.06 bits per heavy atom. The lowest BCUT2D eigenvalue weighted by Gasteiger charge is -2.30. The van der Waals surface area contributed by atoms with Gasteiger partial charge in [0.25, 0.3) is 0 Å². The highest BCUT2D eigenvalue weighted by molar-refractivity contribution is 6.05. The van der Waals surface area contributed by atoms with Gasteiger partial charge < -0.3 is 20.0 Å². The molecule has 2 aliphatic heterocycles. The van der Waals surface area contributed by atoms with Crippen LogP contribution in [0.5, 0.6) is 0 Å². The average molecular weight is 444 g/mol.